The molecule has 2 radical (unpaired) electrons. The van der Waals surface area contributed by atoms with E-state index in [0.717, 1.165) is 0 Å². The number of hydrogen-bond acceptors (Lipinski definition) is 3. The largest absolute Gasteiger partial charge is 0.353 e. The van der Waals surface area contributed by atoms with Crippen molar-refractivity contribution in [3.05, 3.63) is 0 Å². The predicted molar refractivity (Wildman–Crippen MR) is 16.4 cm³/mol. The first-order valence-corrected chi connectivity index (χ1v) is 1.05. The molecule has 3 nitrogen and oxygen atoms in total. The summed E-state index contributed by atoms with van der Waals surface area (Å²) < 4.78 is 9.85. The molecule has 0 amide bonds. The molecule has 4 heteroatoms. The van der Waals surface area contributed by atoms with Crippen molar-refractivity contribution in [2.75, 3.05) is 7.05 Å². The third-order valence-corrected chi connectivity index (χ3v) is 0.148. The molecule has 1 N–H and O–H groups in total. The Balaban J connectivity index is 2.75. The van der Waals surface area contributed by atoms with Gasteiger partial charge in [-0.05, 0) is 0 Å². The minimum atomic E-state index is 0.694. The lowest BCUT2D eigenvalue weighted by molar-refractivity contribution is -0.260. The lowest BCUT2D eigenvalue weighted by atomic mass is 10.6. The molecule has 0 saturated heterocycles. The number of hydroxylamine groups is 2. The fraction of sp³-hybridized carbons (Fsp3) is 1.00. The minimum absolute atomic E-state index is 0.694. The average molecular weight is 73.9 g/mol. The molecule has 0 aliphatic carbocycles. The molecule has 0 spiro atoms. The normalized spacial score (nSPS) is 12.0. The molecule has 28 valence electrons. The van der Waals surface area contributed by atoms with Crippen LogP contribution in [0.2, 0.25) is 1.43 Å². The molecular weight excluding hydrogens is 68.8 g/mol. The lowest BCUT2D eigenvalue weighted by Gasteiger charge is -1.99. The van der Waals surface area contributed by atoms with Crippen molar-refractivity contribution in [2.45, 2.75) is 0 Å². The molecular formula is CH4BNO2. The molecule has 0 aromatic heterocycles. The molecule has 0 saturated carbocycles. The molecule has 0 aromatic carbocycles. The van der Waals surface area contributed by atoms with Crippen LogP contribution in [0.15, 0.2) is 0 Å². The van der Waals surface area contributed by atoms with Crippen molar-refractivity contribution in [3.8, 4) is 0 Å². The van der Waals surface area contributed by atoms with Crippen LogP contribution >= 0.6 is 0 Å². The van der Waals surface area contributed by atoms with Gasteiger partial charge in [-0.2, -0.15) is 0 Å². The fourth-order valence-corrected chi connectivity index (χ4v) is 0. The molecule has 0 atom stereocenters. The van der Waals surface area contributed by atoms with E-state index in [-0.39, 0.29) is 0 Å². The summed E-state index contributed by atoms with van der Waals surface area (Å²) in [6.45, 7) is 0. The number of nitrogens with zero attached hydrogens (tertiary/aromatic N) is 1. The van der Waals surface area contributed by atoms with E-state index in [1.54, 1.807) is 0 Å². The monoisotopic (exact) mass is 74.0 g/mol. The van der Waals surface area contributed by atoms with E-state index in [1.165, 1.54) is 7.05 Å². The zero-order valence-electron chi connectivity index (χ0n) is 3.84. The van der Waals surface area contributed by atoms with Crippen molar-refractivity contribution >= 4 is 8.05 Å². The Morgan fingerprint density at radius 3 is 3.00 bits per heavy atom. The third kappa shape index (κ3) is 3.94. The van der Waals surface area contributed by atoms with Gasteiger partial charge in [0.15, 0.2) is 0 Å². The van der Waals surface area contributed by atoms with Crippen molar-refractivity contribution in [3.63, 3.8) is 0 Å². The number of hydrogen-bond donors (Lipinski definition) is 1. The highest BCUT2D eigenvalue weighted by Gasteiger charge is 1.73. The lowest BCUT2D eigenvalue weighted by Crippen LogP contribution is -2.09. The van der Waals surface area contributed by atoms with Gasteiger partial charge in [-0.15, -0.1) is 0 Å². The van der Waals surface area contributed by atoms with E-state index in [2.05, 4.69) is 18.0 Å². The van der Waals surface area contributed by atoms with E-state index in [9.17, 15) is 0 Å². The molecule has 0 fully saturated rings. The second kappa shape index (κ2) is 2.20. The van der Waals surface area contributed by atoms with Crippen LogP contribution in [0.1, 0.15) is 0 Å². The summed E-state index contributed by atoms with van der Waals surface area (Å²) in [4.78, 5) is 0. The molecule has 0 rings (SSSR count). The highest BCUT2D eigenvalue weighted by atomic mass is 16.9. The van der Waals surface area contributed by atoms with Crippen LogP contribution < -0.4 is 0 Å². The maximum absolute atomic E-state index is 6.03. The summed E-state index contributed by atoms with van der Waals surface area (Å²) in [7, 11) is 5.82. The summed E-state index contributed by atoms with van der Waals surface area (Å²) >= 11 is 0. The van der Waals surface area contributed by atoms with Gasteiger partial charge in [0.1, 0.15) is 0 Å². The molecule has 0 bridgehead atoms. The van der Waals surface area contributed by atoms with Crippen LogP contribution in [-0.2, 0) is 4.76 Å². The smallest absolute Gasteiger partial charge is 0.320 e. The zero-order valence-corrected chi connectivity index (χ0v) is 2.84. The Morgan fingerprint density at radius 1 is 2.40 bits per heavy atom. The summed E-state index contributed by atoms with van der Waals surface area (Å²) in [6, 6.07) is 0. The van der Waals surface area contributed by atoms with Crippen LogP contribution in [0.5, 0.6) is 0 Å². The van der Waals surface area contributed by atoms with E-state index < -0.39 is 0 Å². The first-order valence-electron chi connectivity index (χ1n) is 1.46. The first kappa shape index (κ1) is 3.15. The van der Waals surface area contributed by atoms with Gasteiger partial charge in [-0.3, -0.25) is 5.21 Å². The van der Waals surface area contributed by atoms with Crippen LogP contribution in [0.3, 0.4) is 0 Å². The van der Waals surface area contributed by atoms with Crippen molar-refractivity contribution < 1.29 is 11.4 Å². The Hall–Kier alpha value is -0.0551. The van der Waals surface area contributed by atoms with E-state index in [0.29, 0.717) is 5.23 Å². The van der Waals surface area contributed by atoms with Crippen molar-refractivity contribution in [2.24, 2.45) is 0 Å². The maximum Gasteiger partial charge on any atom is 0.320 e. The topological polar surface area (TPSA) is 32.7 Å². The quantitative estimate of drug-likeness (QED) is 0.348. The molecule has 0 heterocycles. The SMILES string of the molecule is [2H]ON(C)O[B]. The minimum Gasteiger partial charge on any atom is -0.353 e. The molecule has 0 aromatic rings. The van der Waals surface area contributed by atoms with E-state index in [4.69, 9.17) is 1.43 Å². The molecule has 0 aliphatic heterocycles. The molecule has 5 heavy (non-hydrogen) atoms. The van der Waals surface area contributed by atoms with Crippen molar-refractivity contribution in [1.82, 2.24) is 5.23 Å². The van der Waals surface area contributed by atoms with Gasteiger partial charge in [0.05, 0.1) is 0 Å². The Morgan fingerprint density at radius 2 is 3.00 bits per heavy atom. The van der Waals surface area contributed by atoms with Crippen molar-refractivity contribution in [1.29, 1.82) is 0 Å². The van der Waals surface area contributed by atoms with Gasteiger partial charge in [-0.1, -0.05) is 5.23 Å². The van der Waals surface area contributed by atoms with Gasteiger partial charge >= 0.3 is 8.05 Å². The van der Waals surface area contributed by atoms with Gasteiger partial charge in [0.25, 0.3) is 0 Å². The summed E-state index contributed by atoms with van der Waals surface area (Å²) in [5, 5.41) is 4.33. The Bertz CT molecular complexity index is 32.7. The van der Waals surface area contributed by atoms with Gasteiger partial charge in [0.2, 0.25) is 1.43 Å². The van der Waals surface area contributed by atoms with Crippen LogP contribution in [0, 0.1) is 0 Å². The first-order chi connectivity index (χ1) is 2.81. The molecule has 0 aliphatic rings. The van der Waals surface area contributed by atoms with Crippen LogP contribution in [0.25, 0.3) is 0 Å². The van der Waals surface area contributed by atoms with Gasteiger partial charge in [0, 0.05) is 7.05 Å². The van der Waals surface area contributed by atoms with Crippen LogP contribution in [-0.4, -0.2) is 25.5 Å². The predicted octanol–water partition coefficient (Wildman–Crippen LogP) is -0.677. The average Bonchev–Trinajstić information content (AvgIpc) is 1.65. The zero-order chi connectivity index (χ0) is 4.99. The summed E-state index contributed by atoms with van der Waals surface area (Å²) in [5.74, 6) is 0. The summed E-state index contributed by atoms with van der Waals surface area (Å²) in [5.41, 5.74) is 0. The fourth-order valence-electron chi connectivity index (χ4n) is 0. The maximum atomic E-state index is 6.03. The third-order valence-electron chi connectivity index (χ3n) is 0.148. The highest BCUT2D eigenvalue weighted by Crippen LogP contribution is 1.61. The standard InChI is InChI=1S/CH4BNO2/c1-3(4)5-2/h4H,1H3/i4D. The van der Waals surface area contributed by atoms with E-state index >= 15 is 0 Å². The molecule has 0 unspecified atom stereocenters. The van der Waals surface area contributed by atoms with Gasteiger partial charge < -0.3 is 4.76 Å². The second-order valence-electron chi connectivity index (χ2n) is 0.545. The second-order valence-corrected chi connectivity index (χ2v) is 0.545. The summed E-state index contributed by atoms with van der Waals surface area (Å²) in [6.07, 6.45) is 0. The highest BCUT2D eigenvalue weighted by molar-refractivity contribution is 5.97. The van der Waals surface area contributed by atoms with E-state index in [1.807, 2.05) is 0 Å². The Labute approximate surface area is 33.0 Å². The number of rotatable bonds is 2. The Kier molecular flexibility index (Phi) is 1.38. The van der Waals surface area contributed by atoms with Gasteiger partial charge in [-0.25, -0.2) is 0 Å². The van der Waals surface area contributed by atoms with Crippen LogP contribution in [0.4, 0.5) is 0 Å².